The summed E-state index contributed by atoms with van der Waals surface area (Å²) in [7, 11) is 0. The minimum atomic E-state index is -0.350. The van der Waals surface area contributed by atoms with Crippen molar-refractivity contribution in [2.24, 2.45) is 11.7 Å². The van der Waals surface area contributed by atoms with Crippen LogP contribution in [-0.2, 0) is 5.54 Å². The minimum Gasteiger partial charge on any atom is -0.319 e. The number of tetrazole rings is 1. The standard InChI is InChI=1S/C10H19N5/c1-2-8-4-3-6-10(11,7-5-8)9-12-14-15-13-9/h8H,2-7,11H2,1H3,(H,12,13,14,15). The quantitative estimate of drug-likeness (QED) is 0.720. The Labute approximate surface area is 89.8 Å². The normalized spacial score (nSPS) is 32.5. The van der Waals surface area contributed by atoms with Crippen LogP contribution in [0.15, 0.2) is 0 Å². The molecular weight excluding hydrogens is 190 g/mol. The molecule has 3 N–H and O–H groups in total. The Morgan fingerprint density at radius 1 is 1.47 bits per heavy atom. The second-order valence-electron chi connectivity index (χ2n) is 4.60. The summed E-state index contributed by atoms with van der Waals surface area (Å²) in [4.78, 5) is 0. The number of aromatic nitrogens is 4. The summed E-state index contributed by atoms with van der Waals surface area (Å²) in [6, 6.07) is 0. The molecule has 84 valence electrons. The first-order valence-electron chi connectivity index (χ1n) is 5.77. The molecule has 1 aromatic rings. The van der Waals surface area contributed by atoms with Crippen molar-refractivity contribution in [2.45, 2.75) is 51.0 Å². The molecule has 1 aromatic heterocycles. The molecule has 0 aromatic carbocycles. The van der Waals surface area contributed by atoms with Gasteiger partial charge in [-0.1, -0.05) is 31.4 Å². The van der Waals surface area contributed by atoms with E-state index in [9.17, 15) is 0 Å². The van der Waals surface area contributed by atoms with Crippen LogP contribution < -0.4 is 5.73 Å². The molecule has 2 atom stereocenters. The van der Waals surface area contributed by atoms with Gasteiger partial charge in [-0.2, -0.15) is 5.21 Å². The predicted molar refractivity (Wildman–Crippen MR) is 56.9 cm³/mol. The van der Waals surface area contributed by atoms with Gasteiger partial charge in [-0.25, -0.2) is 0 Å². The maximum absolute atomic E-state index is 6.36. The van der Waals surface area contributed by atoms with Crippen LogP contribution in [0.25, 0.3) is 0 Å². The molecule has 0 aliphatic heterocycles. The highest BCUT2D eigenvalue weighted by Crippen LogP contribution is 2.34. The average Bonchev–Trinajstić information content (AvgIpc) is 2.71. The van der Waals surface area contributed by atoms with Crippen molar-refractivity contribution in [3.8, 4) is 0 Å². The molecule has 0 bridgehead atoms. The molecule has 1 aliphatic carbocycles. The molecule has 2 rings (SSSR count). The molecule has 5 heteroatoms. The summed E-state index contributed by atoms with van der Waals surface area (Å²) in [5.41, 5.74) is 6.01. The van der Waals surface area contributed by atoms with Crippen molar-refractivity contribution in [2.75, 3.05) is 0 Å². The molecular formula is C10H19N5. The fraction of sp³-hybridized carbons (Fsp3) is 0.900. The molecule has 1 heterocycles. The van der Waals surface area contributed by atoms with Gasteiger partial charge < -0.3 is 5.73 Å². The van der Waals surface area contributed by atoms with Crippen LogP contribution in [0.5, 0.6) is 0 Å². The Morgan fingerprint density at radius 3 is 3.00 bits per heavy atom. The lowest BCUT2D eigenvalue weighted by Gasteiger charge is -2.23. The van der Waals surface area contributed by atoms with Gasteiger partial charge in [-0.3, -0.25) is 0 Å². The monoisotopic (exact) mass is 209 g/mol. The highest BCUT2D eigenvalue weighted by Gasteiger charge is 2.34. The lowest BCUT2D eigenvalue weighted by molar-refractivity contribution is 0.352. The van der Waals surface area contributed by atoms with E-state index in [4.69, 9.17) is 5.73 Å². The number of hydrogen-bond acceptors (Lipinski definition) is 4. The van der Waals surface area contributed by atoms with Crippen LogP contribution in [0.2, 0.25) is 0 Å². The maximum Gasteiger partial charge on any atom is 0.194 e. The molecule has 0 saturated heterocycles. The molecule has 5 nitrogen and oxygen atoms in total. The third kappa shape index (κ3) is 2.17. The summed E-state index contributed by atoms with van der Waals surface area (Å²) in [6.45, 7) is 2.25. The van der Waals surface area contributed by atoms with E-state index in [-0.39, 0.29) is 5.54 Å². The topological polar surface area (TPSA) is 80.5 Å². The van der Waals surface area contributed by atoms with Gasteiger partial charge in [0.2, 0.25) is 0 Å². The molecule has 0 radical (unpaired) electrons. The number of nitrogens with one attached hydrogen (secondary N) is 1. The van der Waals surface area contributed by atoms with Crippen LogP contribution in [0.1, 0.15) is 51.3 Å². The average molecular weight is 209 g/mol. The first-order chi connectivity index (χ1) is 7.24. The number of rotatable bonds is 2. The Hall–Kier alpha value is -0.970. The minimum absolute atomic E-state index is 0.350. The zero-order chi connectivity index (χ0) is 10.7. The van der Waals surface area contributed by atoms with Gasteiger partial charge in [0.1, 0.15) is 0 Å². The maximum atomic E-state index is 6.36. The zero-order valence-corrected chi connectivity index (χ0v) is 9.24. The highest BCUT2D eigenvalue weighted by molar-refractivity contribution is 5.02. The number of hydrogen-bond donors (Lipinski definition) is 2. The molecule has 15 heavy (non-hydrogen) atoms. The lowest BCUT2D eigenvalue weighted by atomic mass is 9.90. The summed E-state index contributed by atoms with van der Waals surface area (Å²) < 4.78 is 0. The number of nitrogens with two attached hydrogens (primary N) is 1. The van der Waals surface area contributed by atoms with Crippen molar-refractivity contribution >= 4 is 0 Å². The van der Waals surface area contributed by atoms with Crippen LogP contribution in [0, 0.1) is 5.92 Å². The van der Waals surface area contributed by atoms with Crippen LogP contribution >= 0.6 is 0 Å². The van der Waals surface area contributed by atoms with Gasteiger partial charge >= 0.3 is 0 Å². The molecule has 1 saturated carbocycles. The molecule has 2 unspecified atom stereocenters. The summed E-state index contributed by atoms with van der Waals surface area (Å²) >= 11 is 0. The molecule has 1 fully saturated rings. The van der Waals surface area contributed by atoms with Crippen molar-refractivity contribution in [1.29, 1.82) is 0 Å². The van der Waals surface area contributed by atoms with E-state index >= 15 is 0 Å². The number of nitrogens with zero attached hydrogens (tertiary/aromatic N) is 3. The van der Waals surface area contributed by atoms with E-state index in [0.717, 1.165) is 18.8 Å². The smallest absolute Gasteiger partial charge is 0.194 e. The predicted octanol–water partition coefficient (Wildman–Crippen LogP) is 1.34. The van der Waals surface area contributed by atoms with Crippen LogP contribution in [0.3, 0.4) is 0 Å². The fourth-order valence-electron chi connectivity index (χ4n) is 2.44. The van der Waals surface area contributed by atoms with E-state index in [1.807, 2.05) is 0 Å². The van der Waals surface area contributed by atoms with E-state index in [0.29, 0.717) is 5.82 Å². The van der Waals surface area contributed by atoms with Crippen molar-refractivity contribution in [3.63, 3.8) is 0 Å². The van der Waals surface area contributed by atoms with Gasteiger partial charge in [-0.05, 0) is 25.2 Å². The van der Waals surface area contributed by atoms with E-state index in [2.05, 4.69) is 27.5 Å². The summed E-state index contributed by atoms with van der Waals surface area (Å²) in [5.74, 6) is 1.50. The Morgan fingerprint density at radius 2 is 2.33 bits per heavy atom. The largest absolute Gasteiger partial charge is 0.319 e. The molecule has 1 aliphatic rings. The fourth-order valence-corrected chi connectivity index (χ4v) is 2.44. The van der Waals surface area contributed by atoms with Crippen LogP contribution in [-0.4, -0.2) is 20.6 Å². The second-order valence-corrected chi connectivity index (χ2v) is 4.60. The SMILES string of the molecule is CCC1CCCC(N)(c2nn[nH]n2)CC1. The second kappa shape index (κ2) is 4.26. The third-order valence-corrected chi connectivity index (χ3v) is 3.60. The van der Waals surface area contributed by atoms with E-state index in [1.54, 1.807) is 0 Å². The number of H-pyrrole nitrogens is 1. The lowest BCUT2D eigenvalue weighted by Crippen LogP contribution is -2.37. The Bertz CT molecular complexity index is 297. The van der Waals surface area contributed by atoms with E-state index < -0.39 is 0 Å². The van der Waals surface area contributed by atoms with E-state index in [1.165, 1.54) is 25.7 Å². The Kier molecular flexibility index (Phi) is 3.00. The first kappa shape index (κ1) is 10.5. The number of aromatic amines is 1. The van der Waals surface area contributed by atoms with Crippen molar-refractivity contribution in [3.05, 3.63) is 5.82 Å². The summed E-state index contributed by atoms with van der Waals surface area (Å²) in [6.07, 6.45) is 6.84. The van der Waals surface area contributed by atoms with Gasteiger partial charge in [0.25, 0.3) is 0 Å². The molecule has 0 spiro atoms. The molecule has 0 amide bonds. The first-order valence-corrected chi connectivity index (χ1v) is 5.77. The zero-order valence-electron chi connectivity index (χ0n) is 9.24. The van der Waals surface area contributed by atoms with Crippen LogP contribution in [0.4, 0.5) is 0 Å². The Balaban J connectivity index is 2.09. The van der Waals surface area contributed by atoms with Gasteiger partial charge in [-0.15, -0.1) is 10.2 Å². The van der Waals surface area contributed by atoms with Gasteiger partial charge in [0.05, 0.1) is 5.54 Å². The van der Waals surface area contributed by atoms with Crippen molar-refractivity contribution < 1.29 is 0 Å². The van der Waals surface area contributed by atoms with Gasteiger partial charge in [0.15, 0.2) is 5.82 Å². The third-order valence-electron chi connectivity index (χ3n) is 3.60. The highest BCUT2D eigenvalue weighted by atomic mass is 15.5. The van der Waals surface area contributed by atoms with Gasteiger partial charge in [0, 0.05) is 0 Å². The summed E-state index contributed by atoms with van der Waals surface area (Å²) in [5, 5.41) is 14.1. The van der Waals surface area contributed by atoms with Crippen molar-refractivity contribution in [1.82, 2.24) is 20.6 Å².